The molecular weight excluding hydrogens is 228 g/mol. The van der Waals surface area contributed by atoms with Crippen molar-refractivity contribution in [3.63, 3.8) is 0 Å². The topological polar surface area (TPSA) is 66.5 Å². The van der Waals surface area contributed by atoms with Gasteiger partial charge >= 0.3 is 0 Å². The molecule has 0 rings (SSSR count). The van der Waals surface area contributed by atoms with Crippen LogP contribution in [0.5, 0.6) is 0 Å². The summed E-state index contributed by atoms with van der Waals surface area (Å²) >= 11 is 0. The molecule has 0 bridgehead atoms. The second-order valence-corrected chi connectivity index (χ2v) is 5.75. The fraction of sp³-hybridized carbons (Fsp3) is 0.700. The molecule has 0 saturated carbocycles. The van der Waals surface area contributed by atoms with E-state index in [1.807, 2.05) is 0 Å². The van der Waals surface area contributed by atoms with Gasteiger partial charge in [0.1, 0.15) is 0 Å². The van der Waals surface area contributed by atoms with Gasteiger partial charge in [-0.15, -0.1) is 6.58 Å². The number of carbonyl (C=O) groups excluding carboxylic acids is 1. The number of nitrogens with one attached hydrogen (secondary N) is 1. The fourth-order valence-electron chi connectivity index (χ4n) is 1.29. The largest absolute Gasteiger partial charge is 0.353 e. The third kappa shape index (κ3) is 5.87. The van der Waals surface area contributed by atoms with Gasteiger partial charge in [0.15, 0.2) is 0 Å². The van der Waals surface area contributed by atoms with Gasteiger partial charge < -0.3 is 5.32 Å². The van der Waals surface area contributed by atoms with Crippen LogP contribution in [0.3, 0.4) is 0 Å². The van der Waals surface area contributed by atoms with Crippen molar-refractivity contribution in [3.05, 3.63) is 12.7 Å². The first kappa shape index (κ1) is 15.1. The van der Waals surface area contributed by atoms with Crippen LogP contribution in [-0.4, -0.2) is 44.0 Å². The first-order valence-electron chi connectivity index (χ1n) is 5.13. The van der Waals surface area contributed by atoms with Gasteiger partial charge in [-0.1, -0.05) is 6.08 Å². The molecular formula is C10H20N2O3S. The highest BCUT2D eigenvalue weighted by Crippen LogP contribution is 2.05. The molecule has 0 fully saturated rings. The van der Waals surface area contributed by atoms with Gasteiger partial charge in [-0.05, 0) is 13.8 Å². The van der Waals surface area contributed by atoms with Crippen LogP contribution in [0.4, 0.5) is 0 Å². The number of rotatable bonds is 7. The third-order valence-corrected chi connectivity index (χ3v) is 3.46. The van der Waals surface area contributed by atoms with E-state index in [4.69, 9.17) is 0 Å². The van der Waals surface area contributed by atoms with Crippen LogP contribution in [-0.2, 0) is 14.8 Å². The molecule has 94 valence electrons. The predicted molar refractivity (Wildman–Crippen MR) is 64.5 cm³/mol. The first-order chi connectivity index (χ1) is 7.29. The van der Waals surface area contributed by atoms with E-state index in [0.29, 0.717) is 6.54 Å². The van der Waals surface area contributed by atoms with E-state index >= 15 is 0 Å². The van der Waals surface area contributed by atoms with Crippen LogP contribution in [0.25, 0.3) is 0 Å². The summed E-state index contributed by atoms with van der Waals surface area (Å²) in [5, 5.41) is 2.60. The highest BCUT2D eigenvalue weighted by atomic mass is 32.2. The van der Waals surface area contributed by atoms with Gasteiger partial charge in [-0.2, -0.15) is 4.31 Å². The van der Waals surface area contributed by atoms with Gasteiger partial charge in [-0.3, -0.25) is 4.79 Å². The van der Waals surface area contributed by atoms with Crippen LogP contribution < -0.4 is 5.32 Å². The van der Waals surface area contributed by atoms with E-state index in [1.54, 1.807) is 19.9 Å². The van der Waals surface area contributed by atoms with Gasteiger partial charge in [0.05, 0.1) is 6.26 Å². The summed E-state index contributed by atoms with van der Waals surface area (Å²) in [6.07, 6.45) is 2.89. The minimum atomic E-state index is -3.25. The highest BCUT2D eigenvalue weighted by Gasteiger charge is 2.20. The van der Waals surface area contributed by atoms with Crippen LogP contribution in [0.15, 0.2) is 12.7 Å². The standard InChI is InChI=1S/C10H20N2O3S/c1-5-7-11-10(13)6-8-12(9(2)3)16(4,14)15/h5,9H,1,6-8H2,2-4H3,(H,11,13). The molecule has 0 aliphatic heterocycles. The average Bonchev–Trinajstić information content (AvgIpc) is 2.12. The van der Waals surface area contributed by atoms with E-state index in [2.05, 4.69) is 11.9 Å². The molecule has 0 heterocycles. The maximum absolute atomic E-state index is 11.4. The molecule has 0 saturated heterocycles. The minimum Gasteiger partial charge on any atom is -0.353 e. The Balaban J connectivity index is 4.24. The van der Waals surface area contributed by atoms with E-state index < -0.39 is 10.0 Å². The van der Waals surface area contributed by atoms with Gasteiger partial charge in [0, 0.05) is 25.6 Å². The van der Waals surface area contributed by atoms with Gasteiger partial charge in [-0.25, -0.2) is 8.42 Å². The van der Waals surface area contributed by atoms with Crippen molar-refractivity contribution in [1.82, 2.24) is 9.62 Å². The molecule has 0 aliphatic rings. The van der Waals surface area contributed by atoms with Crippen molar-refractivity contribution in [2.45, 2.75) is 26.3 Å². The van der Waals surface area contributed by atoms with Crippen molar-refractivity contribution in [2.24, 2.45) is 0 Å². The molecule has 0 spiro atoms. The van der Waals surface area contributed by atoms with Crippen LogP contribution in [0, 0.1) is 0 Å². The molecule has 0 aliphatic carbocycles. The van der Waals surface area contributed by atoms with Crippen LogP contribution >= 0.6 is 0 Å². The normalized spacial score (nSPS) is 11.8. The lowest BCUT2D eigenvalue weighted by Gasteiger charge is -2.23. The lowest BCUT2D eigenvalue weighted by molar-refractivity contribution is -0.121. The lowest BCUT2D eigenvalue weighted by atomic mass is 10.3. The smallest absolute Gasteiger partial charge is 0.221 e. The van der Waals surface area contributed by atoms with E-state index in [-0.39, 0.29) is 24.9 Å². The zero-order valence-electron chi connectivity index (χ0n) is 10.1. The quantitative estimate of drug-likeness (QED) is 0.661. The van der Waals surface area contributed by atoms with E-state index in [9.17, 15) is 13.2 Å². The van der Waals surface area contributed by atoms with Gasteiger partial charge in [0.2, 0.25) is 15.9 Å². The number of hydrogen-bond donors (Lipinski definition) is 1. The molecule has 0 aromatic carbocycles. The number of carbonyl (C=O) groups is 1. The van der Waals surface area contributed by atoms with Crippen molar-refractivity contribution in [3.8, 4) is 0 Å². The summed E-state index contributed by atoms with van der Waals surface area (Å²) in [6, 6.07) is -0.137. The lowest BCUT2D eigenvalue weighted by Crippen LogP contribution is -2.39. The summed E-state index contributed by atoms with van der Waals surface area (Å²) in [6.45, 7) is 7.65. The molecule has 16 heavy (non-hydrogen) atoms. The fourth-order valence-corrected chi connectivity index (χ4v) is 2.48. The number of amides is 1. The Kier molecular flexibility index (Phi) is 6.28. The number of nitrogens with zero attached hydrogens (tertiary/aromatic N) is 1. The van der Waals surface area contributed by atoms with E-state index in [0.717, 1.165) is 6.26 Å². The van der Waals surface area contributed by atoms with Crippen LogP contribution in [0.2, 0.25) is 0 Å². The van der Waals surface area contributed by atoms with Crippen molar-refractivity contribution < 1.29 is 13.2 Å². The van der Waals surface area contributed by atoms with Gasteiger partial charge in [0.25, 0.3) is 0 Å². The zero-order valence-corrected chi connectivity index (χ0v) is 10.9. The van der Waals surface area contributed by atoms with Crippen molar-refractivity contribution >= 4 is 15.9 Å². The zero-order chi connectivity index (χ0) is 12.8. The van der Waals surface area contributed by atoms with Crippen LogP contribution in [0.1, 0.15) is 20.3 Å². The average molecular weight is 248 g/mol. The Morgan fingerprint density at radius 2 is 2.06 bits per heavy atom. The summed E-state index contributed by atoms with van der Waals surface area (Å²) in [7, 11) is -3.25. The Morgan fingerprint density at radius 3 is 2.44 bits per heavy atom. The third-order valence-electron chi connectivity index (χ3n) is 2.00. The Hall–Kier alpha value is -0.880. The SMILES string of the molecule is C=CCNC(=O)CCN(C(C)C)S(C)(=O)=O. The summed E-state index contributed by atoms with van der Waals surface area (Å²) in [5.74, 6) is -0.172. The predicted octanol–water partition coefficient (Wildman–Crippen LogP) is 0.349. The highest BCUT2D eigenvalue weighted by molar-refractivity contribution is 7.88. The molecule has 0 aromatic heterocycles. The molecule has 1 amide bonds. The molecule has 0 unspecified atom stereocenters. The van der Waals surface area contributed by atoms with E-state index in [1.165, 1.54) is 4.31 Å². The number of sulfonamides is 1. The molecule has 1 N–H and O–H groups in total. The summed E-state index contributed by atoms with van der Waals surface area (Å²) < 4.78 is 24.1. The number of hydrogen-bond acceptors (Lipinski definition) is 3. The molecule has 6 heteroatoms. The molecule has 0 radical (unpaired) electrons. The summed E-state index contributed by atoms with van der Waals surface area (Å²) in [4.78, 5) is 11.3. The monoisotopic (exact) mass is 248 g/mol. The first-order valence-corrected chi connectivity index (χ1v) is 6.98. The maximum atomic E-state index is 11.4. The molecule has 5 nitrogen and oxygen atoms in total. The second-order valence-electron chi connectivity index (χ2n) is 3.81. The van der Waals surface area contributed by atoms with Crippen molar-refractivity contribution in [2.75, 3.05) is 19.3 Å². The second kappa shape index (κ2) is 6.65. The Morgan fingerprint density at radius 1 is 1.50 bits per heavy atom. The Bertz CT molecular complexity index is 336. The maximum Gasteiger partial charge on any atom is 0.221 e. The summed E-state index contributed by atoms with van der Waals surface area (Å²) in [5.41, 5.74) is 0. The van der Waals surface area contributed by atoms with Crippen molar-refractivity contribution in [1.29, 1.82) is 0 Å². The molecule has 0 atom stereocenters. The minimum absolute atomic E-state index is 0.137. The molecule has 0 aromatic rings. The Labute approximate surface area is 97.6 Å².